The van der Waals surface area contributed by atoms with Gasteiger partial charge in [-0.2, -0.15) is 5.10 Å². The topological polar surface area (TPSA) is 80.4 Å². The number of hydrogen-bond donors (Lipinski definition) is 2. The molecule has 2 rings (SSSR count). The normalized spacial score (nSPS) is 10.8. The smallest absolute Gasteiger partial charge is 0.332 e. The van der Waals surface area contributed by atoms with Gasteiger partial charge in [-0.15, -0.1) is 0 Å². The van der Waals surface area contributed by atoms with E-state index in [1.807, 2.05) is 30.3 Å². The fraction of sp³-hybridized carbons (Fsp3) is 0. The third-order valence-electron chi connectivity index (χ3n) is 2.07. The maximum absolute atomic E-state index is 10.4. The second-order valence-electron chi connectivity index (χ2n) is 3.15. The van der Waals surface area contributed by atoms with Crippen molar-refractivity contribution < 1.29 is 4.79 Å². The van der Waals surface area contributed by atoms with Gasteiger partial charge in [0.2, 0.25) is 0 Å². The summed E-state index contributed by atoms with van der Waals surface area (Å²) in [7, 11) is 0. The maximum Gasteiger partial charge on any atom is 0.332 e. The summed E-state index contributed by atoms with van der Waals surface area (Å²) < 4.78 is 0. The molecule has 5 heteroatoms. The van der Waals surface area contributed by atoms with Gasteiger partial charge in [-0.05, 0) is 11.5 Å². The van der Waals surface area contributed by atoms with Gasteiger partial charge in [0.05, 0.1) is 11.9 Å². The van der Waals surface area contributed by atoms with Gasteiger partial charge >= 0.3 is 6.03 Å². The Balaban J connectivity index is 2.37. The first-order chi connectivity index (χ1) is 7.77. The van der Waals surface area contributed by atoms with Gasteiger partial charge in [-0.1, -0.05) is 24.3 Å². The third-order valence-corrected chi connectivity index (χ3v) is 2.07. The highest BCUT2D eigenvalue weighted by Crippen LogP contribution is 2.14. The van der Waals surface area contributed by atoms with Crippen molar-refractivity contribution in [2.75, 3.05) is 0 Å². The number of urea groups is 1. The summed E-state index contributed by atoms with van der Waals surface area (Å²) in [4.78, 5) is 14.6. The summed E-state index contributed by atoms with van der Waals surface area (Å²) >= 11 is 0. The summed E-state index contributed by atoms with van der Waals surface area (Å²) in [6, 6.07) is 9.00. The zero-order valence-corrected chi connectivity index (χ0v) is 8.42. The molecule has 3 N–H and O–H groups in total. The van der Waals surface area contributed by atoms with Gasteiger partial charge in [0, 0.05) is 11.6 Å². The van der Waals surface area contributed by atoms with Crippen molar-refractivity contribution in [2.24, 2.45) is 10.8 Å². The summed E-state index contributed by atoms with van der Waals surface area (Å²) in [5.74, 6) is 0. The molecule has 2 aromatic rings. The largest absolute Gasteiger partial charge is 0.350 e. The molecule has 0 aliphatic rings. The number of pyridine rings is 1. The van der Waals surface area contributed by atoms with Crippen LogP contribution < -0.4 is 11.2 Å². The predicted octanol–water partition coefficient (Wildman–Crippen LogP) is 1.24. The second-order valence-corrected chi connectivity index (χ2v) is 3.15. The molecule has 1 aromatic carbocycles. The van der Waals surface area contributed by atoms with Crippen molar-refractivity contribution >= 4 is 23.0 Å². The van der Waals surface area contributed by atoms with E-state index in [4.69, 9.17) is 5.73 Å². The van der Waals surface area contributed by atoms with Gasteiger partial charge in [-0.3, -0.25) is 4.98 Å². The van der Waals surface area contributed by atoms with Crippen LogP contribution in [0.15, 0.2) is 41.6 Å². The summed E-state index contributed by atoms with van der Waals surface area (Å²) in [6.45, 7) is 0. The molecule has 0 saturated heterocycles. The molecule has 0 unspecified atom stereocenters. The Labute approximate surface area is 92.0 Å². The molecule has 80 valence electrons. The van der Waals surface area contributed by atoms with E-state index in [0.29, 0.717) is 5.69 Å². The molecule has 0 aliphatic carbocycles. The van der Waals surface area contributed by atoms with Crippen molar-refractivity contribution in [3.8, 4) is 0 Å². The monoisotopic (exact) mass is 214 g/mol. The van der Waals surface area contributed by atoms with E-state index in [2.05, 4.69) is 15.5 Å². The third kappa shape index (κ3) is 2.14. The van der Waals surface area contributed by atoms with E-state index < -0.39 is 6.03 Å². The number of nitrogens with zero attached hydrogens (tertiary/aromatic N) is 2. The summed E-state index contributed by atoms with van der Waals surface area (Å²) in [5.41, 5.74) is 7.70. The number of benzene rings is 1. The number of hydrazone groups is 1. The number of nitrogens with one attached hydrogen (secondary N) is 1. The molecule has 0 saturated carbocycles. The molecule has 5 nitrogen and oxygen atoms in total. The van der Waals surface area contributed by atoms with Crippen LogP contribution in [0, 0.1) is 0 Å². The number of primary amides is 1. The fourth-order valence-corrected chi connectivity index (χ4v) is 1.40. The van der Waals surface area contributed by atoms with E-state index in [0.717, 1.165) is 10.8 Å². The molecular weight excluding hydrogens is 204 g/mol. The van der Waals surface area contributed by atoms with Crippen molar-refractivity contribution in [1.82, 2.24) is 10.4 Å². The van der Waals surface area contributed by atoms with Crippen molar-refractivity contribution in [2.45, 2.75) is 0 Å². The van der Waals surface area contributed by atoms with Crippen LogP contribution in [0.1, 0.15) is 5.69 Å². The van der Waals surface area contributed by atoms with E-state index in [1.54, 1.807) is 6.20 Å². The van der Waals surface area contributed by atoms with Crippen LogP contribution >= 0.6 is 0 Å². The van der Waals surface area contributed by atoms with Gasteiger partial charge in [-0.25, -0.2) is 10.2 Å². The maximum atomic E-state index is 10.4. The van der Waals surface area contributed by atoms with Crippen LogP contribution in [-0.2, 0) is 0 Å². The number of nitrogens with two attached hydrogens (primary N) is 1. The van der Waals surface area contributed by atoms with Crippen LogP contribution in [0.2, 0.25) is 0 Å². The highest BCUT2D eigenvalue weighted by molar-refractivity contribution is 5.97. The zero-order chi connectivity index (χ0) is 11.4. The fourth-order valence-electron chi connectivity index (χ4n) is 1.40. The van der Waals surface area contributed by atoms with Gasteiger partial charge in [0.25, 0.3) is 0 Å². The lowest BCUT2D eigenvalue weighted by Gasteiger charge is -1.99. The highest BCUT2D eigenvalue weighted by Gasteiger charge is 1.98. The lowest BCUT2D eigenvalue weighted by Crippen LogP contribution is -2.24. The summed E-state index contributed by atoms with van der Waals surface area (Å²) in [6.07, 6.45) is 3.15. The van der Waals surface area contributed by atoms with Crippen molar-refractivity contribution in [3.63, 3.8) is 0 Å². The number of hydrogen-bond acceptors (Lipinski definition) is 3. The van der Waals surface area contributed by atoms with Crippen molar-refractivity contribution in [1.29, 1.82) is 0 Å². The average Bonchev–Trinajstić information content (AvgIpc) is 2.29. The Bertz CT molecular complexity index is 545. The Hall–Kier alpha value is -2.43. The van der Waals surface area contributed by atoms with Crippen LogP contribution in [-0.4, -0.2) is 17.2 Å². The average molecular weight is 214 g/mol. The van der Waals surface area contributed by atoms with Crippen LogP contribution in [0.3, 0.4) is 0 Å². The Morgan fingerprint density at radius 1 is 1.38 bits per heavy atom. The predicted molar refractivity (Wildman–Crippen MR) is 62.1 cm³/mol. The molecule has 16 heavy (non-hydrogen) atoms. The lowest BCUT2D eigenvalue weighted by atomic mass is 10.1. The first kappa shape index (κ1) is 10.1. The van der Waals surface area contributed by atoms with Crippen LogP contribution in [0.25, 0.3) is 10.8 Å². The molecule has 0 aliphatic heterocycles. The zero-order valence-electron chi connectivity index (χ0n) is 8.42. The SMILES string of the molecule is NC(=O)NN=Cc1nccc2ccccc12. The molecule has 0 atom stereocenters. The number of rotatable bonds is 2. The number of amides is 2. The molecule has 0 bridgehead atoms. The Kier molecular flexibility index (Phi) is 2.77. The number of carbonyl (C=O) groups excluding carboxylic acids is 1. The Morgan fingerprint density at radius 3 is 3.00 bits per heavy atom. The van der Waals surface area contributed by atoms with Crippen LogP contribution in [0.4, 0.5) is 4.79 Å². The minimum atomic E-state index is -0.698. The minimum absolute atomic E-state index is 0.687. The lowest BCUT2D eigenvalue weighted by molar-refractivity contribution is 0.249. The van der Waals surface area contributed by atoms with E-state index in [1.165, 1.54) is 6.21 Å². The molecular formula is C11H10N4O. The molecule has 0 radical (unpaired) electrons. The standard InChI is InChI=1S/C11H10N4O/c12-11(16)15-14-7-10-9-4-2-1-3-8(9)5-6-13-10/h1-7H,(H3,12,15,16). The Morgan fingerprint density at radius 2 is 2.19 bits per heavy atom. The molecule has 2 amide bonds. The molecule has 1 aromatic heterocycles. The molecule has 0 fully saturated rings. The number of fused-ring (bicyclic) bond motifs is 1. The first-order valence-electron chi connectivity index (χ1n) is 4.69. The number of carbonyl (C=O) groups is 1. The number of aromatic nitrogens is 1. The molecule has 0 spiro atoms. The van der Waals surface area contributed by atoms with Crippen LogP contribution in [0.5, 0.6) is 0 Å². The second kappa shape index (κ2) is 4.39. The molecule has 1 heterocycles. The van der Waals surface area contributed by atoms with E-state index in [-0.39, 0.29) is 0 Å². The van der Waals surface area contributed by atoms with Gasteiger partial charge in [0.15, 0.2) is 0 Å². The minimum Gasteiger partial charge on any atom is -0.350 e. The highest BCUT2D eigenvalue weighted by atomic mass is 16.2. The van der Waals surface area contributed by atoms with Gasteiger partial charge < -0.3 is 5.73 Å². The van der Waals surface area contributed by atoms with E-state index >= 15 is 0 Å². The van der Waals surface area contributed by atoms with Gasteiger partial charge in [0.1, 0.15) is 0 Å². The van der Waals surface area contributed by atoms with E-state index in [9.17, 15) is 4.79 Å². The summed E-state index contributed by atoms with van der Waals surface area (Å²) in [5, 5.41) is 5.72. The first-order valence-corrected chi connectivity index (χ1v) is 4.69. The quantitative estimate of drug-likeness (QED) is 0.582. The van der Waals surface area contributed by atoms with Crippen molar-refractivity contribution in [3.05, 3.63) is 42.2 Å².